The van der Waals surface area contributed by atoms with Crippen LogP contribution in [0, 0.1) is 17.2 Å². The molecule has 2 unspecified atom stereocenters. The first kappa shape index (κ1) is 9.46. The standard InChI is InChI=1S/C8H15N3O/c9-6-7-5-8(7,10)11-3-1-2-4-12/h7,11-12H,1-5,10H2. The Balaban J connectivity index is 2.06. The maximum Gasteiger partial charge on any atom is 0.0839 e. The first-order valence-electron chi connectivity index (χ1n) is 4.27. The monoisotopic (exact) mass is 169 g/mol. The summed E-state index contributed by atoms with van der Waals surface area (Å²) >= 11 is 0. The minimum Gasteiger partial charge on any atom is -0.396 e. The van der Waals surface area contributed by atoms with Gasteiger partial charge in [-0.2, -0.15) is 5.26 Å². The Morgan fingerprint density at radius 3 is 2.92 bits per heavy atom. The zero-order chi connectivity index (χ0) is 9.03. The second-order valence-corrected chi connectivity index (χ2v) is 3.28. The Morgan fingerprint density at radius 2 is 2.42 bits per heavy atom. The predicted molar refractivity (Wildman–Crippen MR) is 45.0 cm³/mol. The van der Waals surface area contributed by atoms with Crippen molar-refractivity contribution in [3.63, 3.8) is 0 Å². The van der Waals surface area contributed by atoms with Crippen LogP contribution in [0.15, 0.2) is 0 Å². The van der Waals surface area contributed by atoms with Gasteiger partial charge in [-0.1, -0.05) is 0 Å². The third kappa shape index (κ3) is 2.18. The number of nitrogens with zero attached hydrogens (tertiary/aromatic N) is 1. The molecule has 0 aromatic heterocycles. The van der Waals surface area contributed by atoms with Crippen molar-refractivity contribution in [3.8, 4) is 6.07 Å². The minimum atomic E-state index is -0.426. The molecular weight excluding hydrogens is 154 g/mol. The molecule has 0 heterocycles. The fourth-order valence-electron chi connectivity index (χ4n) is 1.19. The van der Waals surface area contributed by atoms with Crippen LogP contribution in [0.3, 0.4) is 0 Å². The van der Waals surface area contributed by atoms with Crippen molar-refractivity contribution in [2.45, 2.75) is 24.9 Å². The highest BCUT2D eigenvalue weighted by Gasteiger charge is 2.51. The van der Waals surface area contributed by atoms with Crippen molar-refractivity contribution in [2.75, 3.05) is 13.2 Å². The number of aliphatic hydroxyl groups excluding tert-OH is 1. The first-order valence-corrected chi connectivity index (χ1v) is 4.27. The molecule has 0 aromatic rings. The van der Waals surface area contributed by atoms with Gasteiger partial charge in [-0.25, -0.2) is 0 Å². The van der Waals surface area contributed by atoms with E-state index in [4.69, 9.17) is 16.1 Å². The number of nitrogens with one attached hydrogen (secondary N) is 1. The first-order chi connectivity index (χ1) is 5.73. The summed E-state index contributed by atoms with van der Waals surface area (Å²) < 4.78 is 0. The SMILES string of the molecule is N#CC1CC1(N)NCCCCO. The van der Waals surface area contributed by atoms with E-state index >= 15 is 0 Å². The van der Waals surface area contributed by atoms with E-state index in [2.05, 4.69) is 11.4 Å². The van der Waals surface area contributed by atoms with Gasteiger partial charge >= 0.3 is 0 Å². The van der Waals surface area contributed by atoms with Crippen molar-refractivity contribution in [3.05, 3.63) is 0 Å². The summed E-state index contributed by atoms with van der Waals surface area (Å²) in [7, 11) is 0. The number of rotatable bonds is 5. The van der Waals surface area contributed by atoms with Gasteiger partial charge in [-0.05, 0) is 25.8 Å². The van der Waals surface area contributed by atoms with E-state index in [1.807, 2.05) is 0 Å². The third-order valence-corrected chi connectivity index (χ3v) is 2.20. The average Bonchev–Trinajstić information content (AvgIpc) is 2.72. The van der Waals surface area contributed by atoms with E-state index < -0.39 is 5.66 Å². The Kier molecular flexibility index (Phi) is 3.04. The van der Waals surface area contributed by atoms with E-state index in [1.54, 1.807) is 0 Å². The van der Waals surface area contributed by atoms with Crippen LogP contribution in [0.5, 0.6) is 0 Å². The minimum absolute atomic E-state index is 0.0216. The predicted octanol–water partition coefficient (Wildman–Crippen LogP) is -0.453. The van der Waals surface area contributed by atoms with Gasteiger partial charge in [-0.15, -0.1) is 0 Å². The topological polar surface area (TPSA) is 82.1 Å². The molecule has 4 nitrogen and oxygen atoms in total. The van der Waals surface area contributed by atoms with E-state index in [1.165, 1.54) is 0 Å². The molecule has 1 aliphatic carbocycles. The van der Waals surface area contributed by atoms with Gasteiger partial charge in [0.1, 0.15) is 0 Å². The molecule has 12 heavy (non-hydrogen) atoms. The quantitative estimate of drug-likeness (QED) is 0.384. The molecule has 2 atom stereocenters. The van der Waals surface area contributed by atoms with Crippen molar-refractivity contribution in [2.24, 2.45) is 11.7 Å². The second kappa shape index (κ2) is 3.85. The number of hydrogen-bond donors (Lipinski definition) is 3. The largest absolute Gasteiger partial charge is 0.396 e. The molecule has 4 heteroatoms. The van der Waals surface area contributed by atoms with Crippen LogP contribution in [-0.4, -0.2) is 23.9 Å². The lowest BCUT2D eigenvalue weighted by atomic mass is 10.3. The van der Waals surface area contributed by atoms with E-state index in [-0.39, 0.29) is 12.5 Å². The molecule has 0 bridgehead atoms. The van der Waals surface area contributed by atoms with Crippen LogP contribution < -0.4 is 11.1 Å². The fraction of sp³-hybridized carbons (Fsp3) is 0.875. The zero-order valence-corrected chi connectivity index (χ0v) is 7.08. The molecule has 0 aromatic carbocycles. The van der Waals surface area contributed by atoms with Crippen molar-refractivity contribution >= 4 is 0 Å². The summed E-state index contributed by atoms with van der Waals surface area (Å²) in [4.78, 5) is 0. The van der Waals surface area contributed by atoms with Crippen LogP contribution in [0.2, 0.25) is 0 Å². The Morgan fingerprint density at radius 1 is 1.67 bits per heavy atom. The third-order valence-electron chi connectivity index (χ3n) is 2.20. The molecule has 1 fully saturated rings. The molecular formula is C8H15N3O. The Hall–Kier alpha value is -0.630. The lowest BCUT2D eigenvalue weighted by Gasteiger charge is -2.10. The number of unbranched alkanes of at least 4 members (excludes halogenated alkanes) is 1. The molecule has 68 valence electrons. The number of nitriles is 1. The molecule has 0 spiro atoms. The lowest BCUT2D eigenvalue weighted by Crippen LogP contribution is -2.42. The normalized spacial score (nSPS) is 32.9. The molecule has 1 saturated carbocycles. The Bertz CT molecular complexity index is 189. The van der Waals surface area contributed by atoms with Gasteiger partial charge < -0.3 is 10.8 Å². The number of aliphatic hydroxyl groups is 1. The summed E-state index contributed by atoms with van der Waals surface area (Å²) in [6.07, 6.45) is 2.45. The average molecular weight is 169 g/mol. The van der Waals surface area contributed by atoms with E-state index in [0.29, 0.717) is 0 Å². The fourth-order valence-corrected chi connectivity index (χ4v) is 1.19. The van der Waals surface area contributed by atoms with Gasteiger partial charge in [0, 0.05) is 6.61 Å². The summed E-state index contributed by atoms with van der Waals surface area (Å²) in [6, 6.07) is 2.13. The zero-order valence-electron chi connectivity index (χ0n) is 7.08. The molecule has 1 rings (SSSR count). The summed E-state index contributed by atoms with van der Waals surface area (Å²) in [6.45, 7) is 1.01. The number of hydrogen-bond acceptors (Lipinski definition) is 4. The molecule has 1 aliphatic rings. The van der Waals surface area contributed by atoms with E-state index in [0.717, 1.165) is 25.8 Å². The summed E-state index contributed by atoms with van der Waals surface area (Å²) in [5, 5.41) is 20.1. The van der Waals surface area contributed by atoms with Crippen molar-refractivity contribution in [1.82, 2.24) is 5.32 Å². The van der Waals surface area contributed by atoms with Crippen molar-refractivity contribution < 1.29 is 5.11 Å². The lowest BCUT2D eigenvalue weighted by molar-refractivity contribution is 0.282. The highest BCUT2D eigenvalue weighted by atomic mass is 16.2. The van der Waals surface area contributed by atoms with Gasteiger partial charge in [-0.3, -0.25) is 5.32 Å². The van der Waals surface area contributed by atoms with Gasteiger partial charge in [0.05, 0.1) is 17.6 Å². The van der Waals surface area contributed by atoms with E-state index in [9.17, 15) is 0 Å². The molecule has 0 saturated heterocycles. The maximum absolute atomic E-state index is 8.53. The molecule has 4 N–H and O–H groups in total. The molecule has 0 radical (unpaired) electrons. The van der Waals surface area contributed by atoms with Crippen LogP contribution >= 0.6 is 0 Å². The van der Waals surface area contributed by atoms with Gasteiger partial charge in [0.2, 0.25) is 0 Å². The summed E-state index contributed by atoms with van der Waals surface area (Å²) in [5.74, 6) is -0.0216. The highest BCUT2D eigenvalue weighted by molar-refractivity contribution is 5.15. The molecule has 0 aliphatic heterocycles. The molecule has 0 amide bonds. The maximum atomic E-state index is 8.53. The van der Waals surface area contributed by atoms with Gasteiger partial charge in [0.25, 0.3) is 0 Å². The van der Waals surface area contributed by atoms with Crippen LogP contribution in [0.4, 0.5) is 0 Å². The van der Waals surface area contributed by atoms with Crippen LogP contribution in [0.1, 0.15) is 19.3 Å². The number of nitrogens with two attached hydrogens (primary N) is 1. The van der Waals surface area contributed by atoms with Gasteiger partial charge in [0.15, 0.2) is 0 Å². The van der Waals surface area contributed by atoms with Crippen molar-refractivity contribution in [1.29, 1.82) is 5.26 Å². The highest BCUT2D eigenvalue weighted by Crippen LogP contribution is 2.37. The summed E-state index contributed by atoms with van der Waals surface area (Å²) in [5.41, 5.74) is 5.36. The smallest absolute Gasteiger partial charge is 0.0839 e. The Labute approximate surface area is 72.4 Å². The second-order valence-electron chi connectivity index (χ2n) is 3.28. The van der Waals surface area contributed by atoms with Crippen LogP contribution in [-0.2, 0) is 0 Å². The van der Waals surface area contributed by atoms with Crippen LogP contribution in [0.25, 0.3) is 0 Å².